The van der Waals surface area contributed by atoms with E-state index in [9.17, 15) is 8.42 Å². The van der Waals surface area contributed by atoms with Gasteiger partial charge in [0, 0.05) is 11.0 Å². The highest BCUT2D eigenvalue weighted by Gasteiger charge is 2.12. The summed E-state index contributed by atoms with van der Waals surface area (Å²) in [5.74, 6) is 0. The predicted octanol–water partition coefficient (Wildman–Crippen LogP) is 2.17. The lowest BCUT2D eigenvalue weighted by Crippen LogP contribution is -2.09. The molecule has 0 bridgehead atoms. The van der Waals surface area contributed by atoms with E-state index in [0.29, 0.717) is 11.7 Å². The Hall–Kier alpha value is -0.960. The number of benzene rings is 1. The van der Waals surface area contributed by atoms with E-state index in [2.05, 4.69) is 26.2 Å². The van der Waals surface area contributed by atoms with Gasteiger partial charge in [0.2, 0.25) is 10.0 Å². The minimum Gasteiger partial charge on any atom is -0.357 e. The summed E-state index contributed by atoms with van der Waals surface area (Å²) >= 11 is 4.37. The third-order valence-corrected chi connectivity index (χ3v) is 5.01. The second-order valence-electron chi connectivity index (χ2n) is 3.51. The van der Waals surface area contributed by atoms with Crippen LogP contribution in [-0.4, -0.2) is 13.4 Å². The number of primary sulfonamides is 1. The normalized spacial score (nSPS) is 11.4. The van der Waals surface area contributed by atoms with Crippen molar-refractivity contribution < 1.29 is 8.42 Å². The third kappa shape index (κ3) is 3.52. The third-order valence-electron chi connectivity index (χ3n) is 2.12. The molecule has 18 heavy (non-hydrogen) atoms. The van der Waals surface area contributed by atoms with Gasteiger partial charge in [-0.3, -0.25) is 0 Å². The van der Waals surface area contributed by atoms with E-state index in [4.69, 9.17) is 5.14 Å². The minimum absolute atomic E-state index is 0.0563. The number of hydrogen-bond acceptors (Lipinski definition) is 5. The first-order valence-electron chi connectivity index (χ1n) is 4.92. The van der Waals surface area contributed by atoms with Crippen LogP contribution in [0.1, 0.15) is 5.56 Å². The lowest BCUT2D eigenvalue weighted by Gasteiger charge is -2.02. The van der Waals surface area contributed by atoms with Crippen molar-refractivity contribution in [1.29, 1.82) is 0 Å². The van der Waals surface area contributed by atoms with Gasteiger partial charge in [-0.25, -0.2) is 18.5 Å². The Morgan fingerprint density at radius 2 is 2.00 bits per heavy atom. The van der Waals surface area contributed by atoms with Gasteiger partial charge in [-0.05, 0) is 17.7 Å². The first-order chi connectivity index (χ1) is 8.45. The van der Waals surface area contributed by atoms with Gasteiger partial charge in [0.1, 0.15) is 0 Å². The van der Waals surface area contributed by atoms with Gasteiger partial charge in [-0.1, -0.05) is 39.4 Å². The summed E-state index contributed by atoms with van der Waals surface area (Å²) in [6.07, 6.45) is 1.25. The molecule has 3 N–H and O–H groups in total. The second kappa shape index (κ2) is 5.35. The van der Waals surface area contributed by atoms with Crippen LogP contribution in [0, 0.1) is 0 Å². The van der Waals surface area contributed by atoms with Gasteiger partial charge >= 0.3 is 0 Å². The molecule has 0 radical (unpaired) electrons. The zero-order chi connectivity index (χ0) is 13.2. The summed E-state index contributed by atoms with van der Waals surface area (Å²) in [5, 5.41) is 8.58. The van der Waals surface area contributed by atoms with Gasteiger partial charge in [0.05, 0.1) is 6.20 Å². The van der Waals surface area contributed by atoms with Crippen LogP contribution in [0.25, 0.3) is 0 Å². The van der Waals surface area contributed by atoms with E-state index in [0.717, 1.165) is 21.4 Å². The first-order valence-corrected chi connectivity index (χ1v) is 8.08. The second-order valence-corrected chi connectivity index (χ2v) is 7.24. The molecule has 5 nitrogen and oxygen atoms in total. The molecule has 1 heterocycles. The number of hydrogen-bond donors (Lipinski definition) is 2. The molecule has 0 fully saturated rings. The number of sulfonamides is 1. The number of thiazole rings is 1. The fraction of sp³-hybridized carbons (Fsp3) is 0.100. The van der Waals surface area contributed by atoms with Crippen LogP contribution >= 0.6 is 27.3 Å². The Morgan fingerprint density at radius 3 is 2.56 bits per heavy atom. The van der Waals surface area contributed by atoms with E-state index in [-0.39, 0.29) is 4.21 Å². The van der Waals surface area contributed by atoms with Gasteiger partial charge in [-0.2, -0.15) is 0 Å². The van der Waals surface area contributed by atoms with Crippen molar-refractivity contribution in [3.63, 3.8) is 0 Å². The molecule has 0 saturated heterocycles. The Balaban J connectivity index is 2.03. The van der Waals surface area contributed by atoms with Crippen LogP contribution in [0.2, 0.25) is 0 Å². The monoisotopic (exact) mass is 347 g/mol. The lowest BCUT2D eigenvalue weighted by atomic mass is 10.2. The van der Waals surface area contributed by atoms with E-state index in [1.54, 1.807) is 0 Å². The van der Waals surface area contributed by atoms with Crippen molar-refractivity contribution in [3.8, 4) is 0 Å². The van der Waals surface area contributed by atoms with Crippen molar-refractivity contribution in [2.24, 2.45) is 5.14 Å². The largest absolute Gasteiger partial charge is 0.357 e. The summed E-state index contributed by atoms with van der Waals surface area (Å²) in [5.41, 5.74) is 1.07. The zero-order valence-electron chi connectivity index (χ0n) is 9.13. The molecule has 0 amide bonds. The highest BCUT2D eigenvalue weighted by Crippen LogP contribution is 2.22. The first kappa shape index (κ1) is 13.5. The summed E-state index contributed by atoms with van der Waals surface area (Å²) in [4.78, 5) is 3.95. The predicted molar refractivity (Wildman–Crippen MR) is 75.0 cm³/mol. The van der Waals surface area contributed by atoms with E-state index >= 15 is 0 Å². The smallest absolute Gasteiger partial charge is 0.249 e. The van der Waals surface area contributed by atoms with E-state index < -0.39 is 10.0 Å². The number of nitrogens with two attached hydrogens (primary N) is 1. The topological polar surface area (TPSA) is 85.1 Å². The molecule has 2 rings (SSSR count). The van der Waals surface area contributed by atoms with Crippen LogP contribution in [0.3, 0.4) is 0 Å². The molecule has 0 spiro atoms. The Kier molecular flexibility index (Phi) is 4.00. The summed E-state index contributed by atoms with van der Waals surface area (Å²) in [6.45, 7) is 0.574. The van der Waals surface area contributed by atoms with Gasteiger partial charge < -0.3 is 5.32 Å². The molecular weight excluding hydrogens is 338 g/mol. The Bertz CT molecular complexity index is 637. The van der Waals surface area contributed by atoms with Gasteiger partial charge in [-0.15, -0.1) is 0 Å². The van der Waals surface area contributed by atoms with Crippen molar-refractivity contribution in [1.82, 2.24) is 4.98 Å². The maximum atomic E-state index is 11.1. The molecule has 0 unspecified atom stereocenters. The fourth-order valence-electron chi connectivity index (χ4n) is 1.25. The Labute approximate surface area is 117 Å². The summed E-state index contributed by atoms with van der Waals surface area (Å²) in [7, 11) is -3.66. The quantitative estimate of drug-likeness (QED) is 0.887. The number of anilines is 1. The average Bonchev–Trinajstić information content (AvgIpc) is 2.77. The average molecular weight is 348 g/mol. The van der Waals surface area contributed by atoms with Crippen LogP contribution in [-0.2, 0) is 16.6 Å². The van der Waals surface area contributed by atoms with Crippen LogP contribution in [0.15, 0.2) is 39.1 Å². The van der Waals surface area contributed by atoms with Crippen molar-refractivity contribution >= 4 is 42.4 Å². The van der Waals surface area contributed by atoms with Crippen LogP contribution < -0.4 is 10.5 Å². The lowest BCUT2D eigenvalue weighted by molar-refractivity contribution is 0.599. The standard InChI is InChI=1S/C10H10BrN3O2S2/c11-8-3-1-7(2-4-8)5-13-10-14-6-9(17-10)18(12,15)16/h1-4,6H,5H2,(H,13,14)(H2,12,15,16). The van der Waals surface area contributed by atoms with Crippen LogP contribution in [0.5, 0.6) is 0 Å². The maximum absolute atomic E-state index is 11.1. The molecule has 0 aliphatic heterocycles. The summed E-state index contributed by atoms with van der Waals surface area (Å²) in [6, 6.07) is 7.81. The fourth-order valence-corrected chi connectivity index (χ4v) is 2.96. The molecule has 8 heteroatoms. The molecular formula is C10H10BrN3O2S2. The van der Waals surface area contributed by atoms with Gasteiger partial charge in [0.15, 0.2) is 9.34 Å². The molecule has 96 valence electrons. The minimum atomic E-state index is -3.66. The highest BCUT2D eigenvalue weighted by molar-refractivity contribution is 9.10. The van der Waals surface area contributed by atoms with Gasteiger partial charge in [0.25, 0.3) is 0 Å². The Morgan fingerprint density at radius 1 is 1.33 bits per heavy atom. The molecule has 1 aromatic heterocycles. The summed E-state index contributed by atoms with van der Waals surface area (Å²) < 4.78 is 23.2. The number of nitrogens with zero attached hydrogens (tertiary/aromatic N) is 1. The number of nitrogens with one attached hydrogen (secondary N) is 1. The molecule has 0 aliphatic carbocycles. The molecule has 0 saturated carbocycles. The number of halogens is 1. The number of rotatable bonds is 4. The van der Waals surface area contributed by atoms with Crippen molar-refractivity contribution in [2.45, 2.75) is 10.8 Å². The molecule has 1 aromatic carbocycles. The SMILES string of the molecule is NS(=O)(=O)c1cnc(NCc2ccc(Br)cc2)s1. The zero-order valence-corrected chi connectivity index (χ0v) is 12.3. The van der Waals surface area contributed by atoms with E-state index in [1.165, 1.54) is 6.20 Å². The maximum Gasteiger partial charge on any atom is 0.249 e. The van der Waals surface area contributed by atoms with E-state index in [1.807, 2.05) is 24.3 Å². The highest BCUT2D eigenvalue weighted by atomic mass is 79.9. The molecule has 0 atom stereocenters. The molecule has 2 aromatic rings. The van der Waals surface area contributed by atoms with Crippen LogP contribution in [0.4, 0.5) is 5.13 Å². The number of aromatic nitrogens is 1. The van der Waals surface area contributed by atoms with Crippen molar-refractivity contribution in [3.05, 3.63) is 40.5 Å². The van der Waals surface area contributed by atoms with Crippen molar-refractivity contribution in [2.75, 3.05) is 5.32 Å². The molecule has 0 aliphatic rings.